The number of anilines is 2. The summed E-state index contributed by atoms with van der Waals surface area (Å²) in [7, 11) is 0. The Morgan fingerprint density at radius 2 is 1.88 bits per heavy atom. The van der Waals surface area contributed by atoms with Gasteiger partial charge in [0.1, 0.15) is 5.82 Å². The van der Waals surface area contributed by atoms with E-state index in [0.717, 1.165) is 10.2 Å². The summed E-state index contributed by atoms with van der Waals surface area (Å²) in [6.45, 7) is 2.49. The highest BCUT2D eigenvalue weighted by atomic mass is 35.5. The first-order valence-electron chi connectivity index (χ1n) is 9.88. The maximum absolute atomic E-state index is 12.5. The number of aromatic nitrogens is 4. The molecule has 0 aliphatic heterocycles. The SMILES string of the molecule is CCn1c(CC(=O)Nc2ccc(Cl)c(Cl)c2)nnc1SCC(=O)Nc1nc2ccccc2s1. The van der Waals surface area contributed by atoms with Crippen LogP contribution in [-0.4, -0.2) is 37.3 Å². The van der Waals surface area contributed by atoms with Crippen LogP contribution >= 0.6 is 46.3 Å². The number of amides is 2. The van der Waals surface area contributed by atoms with Gasteiger partial charge in [-0.2, -0.15) is 0 Å². The van der Waals surface area contributed by atoms with Crippen molar-refractivity contribution in [3.05, 3.63) is 58.3 Å². The molecule has 2 aromatic carbocycles. The van der Waals surface area contributed by atoms with E-state index in [1.54, 1.807) is 18.2 Å². The first-order chi connectivity index (χ1) is 15.9. The zero-order chi connectivity index (χ0) is 23.4. The number of nitrogens with one attached hydrogen (secondary N) is 2. The van der Waals surface area contributed by atoms with Crippen molar-refractivity contribution in [1.29, 1.82) is 0 Å². The van der Waals surface area contributed by atoms with Crippen molar-refractivity contribution in [2.24, 2.45) is 0 Å². The maximum atomic E-state index is 12.5. The van der Waals surface area contributed by atoms with Gasteiger partial charge < -0.3 is 15.2 Å². The number of halogens is 2. The van der Waals surface area contributed by atoms with Crippen LogP contribution in [0.25, 0.3) is 10.2 Å². The average Bonchev–Trinajstić information content (AvgIpc) is 3.37. The Hall–Kier alpha value is -2.66. The van der Waals surface area contributed by atoms with Gasteiger partial charge in [-0.1, -0.05) is 58.4 Å². The Kier molecular flexibility index (Phi) is 7.49. The van der Waals surface area contributed by atoms with Gasteiger partial charge in [0.15, 0.2) is 10.3 Å². The molecule has 0 bridgehead atoms. The van der Waals surface area contributed by atoms with Crippen molar-refractivity contribution in [3.63, 3.8) is 0 Å². The van der Waals surface area contributed by atoms with Gasteiger partial charge in [0, 0.05) is 12.2 Å². The summed E-state index contributed by atoms with van der Waals surface area (Å²) in [6.07, 6.45) is 0.0273. The third-order valence-electron chi connectivity index (χ3n) is 4.50. The Bertz CT molecular complexity index is 1290. The summed E-state index contributed by atoms with van der Waals surface area (Å²) in [6, 6.07) is 12.6. The fourth-order valence-corrected chi connectivity index (χ4v) is 5.01. The number of fused-ring (bicyclic) bond motifs is 1. The van der Waals surface area contributed by atoms with E-state index in [1.165, 1.54) is 23.1 Å². The monoisotopic (exact) mass is 520 g/mol. The Labute approximate surface area is 207 Å². The molecule has 0 fully saturated rings. The van der Waals surface area contributed by atoms with Gasteiger partial charge in [-0.25, -0.2) is 4.98 Å². The third kappa shape index (κ3) is 5.83. The minimum Gasteiger partial charge on any atom is -0.326 e. The van der Waals surface area contributed by atoms with Crippen LogP contribution in [0.4, 0.5) is 10.8 Å². The lowest BCUT2D eigenvalue weighted by Gasteiger charge is -2.08. The second kappa shape index (κ2) is 10.5. The normalized spacial score (nSPS) is 11.0. The summed E-state index contributed by atoms with van der Waals surface area (Å²) in [5, 5.41) is 15.8. The Balaban J connectivity index is 1.35. The fourth-order valence-electron chi connectivity index (χ4n) is 3.01. The molecule has 0 radical (unpaired) electrons. The van der Waals surface area contributed by atoms with Gasteiger partial charge in [0.2, 0.25) is 11.8 Å². The van der Waals surface area contributed by atoms with E-state index in [2.05, 4.69) is 25.8 Å². The van der Waals surface area contributed by atoms with Crippen molar-refractivity contribution in [3.8, 4) is 0 Å². The summed E-state index contributed by atoms with van der Waals surface area (Å²) in [5.41, 5.74) is 1.39. The zero-order valence-electron chi connectivity index (χ0n) is 17.3. The molecule has 4 rings (SSSR count). The molecule has 0 aliphatic carbocycles. The molecule has 12 heteroatoms. The van der Waals surface area contributed by atoms with Gasteiger partial charge in [0.05, 0.1) is 32.4 Å². The maximum Gasteiger partial charge on any atom is 0.236 e. The van der Waals surface area contributed by atoms with Crippen molar-refractivity contribution in [2.45, 2.75) is 25.0 Å². The summed E-state index contributed by atoms with van der Waals surface area (Å²) in [5.74, 6) is 0.192. The molecular formula is C21H18Cl2N6O2S2. The summed E-state index contributed by atoms with van der Waals surface area (Å²) in [4.78, 5) is 29.3. The number of carbonyl (C=O) groups excluding carboxylic acids is 2. The molecule has 8 nitrogen and oxygen atoms in total. The van der Waals surface area contributed by atoms with Crippen molar-refractivity contribution < 1.29 is 9.59 Å². The Morgan fingerprint density at radius 3 is 2.64 bits per heavy atom. The standard InChI is InChI=1S/C21H18Cl2N6O2S2/c1-2-29-17(10-18(30)24-12-7-8-13(22)14(23)9-12)27-28-21(29)32-11-19(31)26-20-25-15-5-3-4-6-16(15)33-20/h3-9H,2,10-11H2,1H3,(H,24,30)(H,25,26,31). The second-order valence-electron chi connectivity index (χ2n) is 6.82. The van der Waals surface area contributed by atoms with Crippen LogP contribution in [0.3, 0.4) is 0 Å². The average molecular weight is 521 g/mol. The van der Waals surface area contributed by atoms with Crippen LogP contribution in [0.5, 0.6) is 0 Å². The van der Waals surface area contributed by atoms with Gasteiger partial charge in [-0.15, -0.1) is 10.2 Å². The van der Waals surface area contributed by atoms with E-state index in [0.29, 0.717) is 38.4 Å². The first kappa shape index (κ1) is 23.5. The quantitative estimate of drug-likeness (QED) is 0.312. The molecule has 170 valence electrons. The molecule has 2 heterocycles. The number of thiazole rings is 1. The predicted molar refractivity (Wildman–Crippen MR) is 133 cm³/mol. The number of hydrogen-bond acceptors (Lipinski definition) is 7. The van der Waals surface area contributed by atoms with E-state index < -0.39 is 0 Å². The molecule has 0 saturated carbocycles. The molecule has 0 aliphatic rings. The van der Waals surface area contributed by atoms with Crippen LogP contribution < -0.4 is 10.6 Å². The molecular weight excluding hydrogens is 503 g/mol. The van der Waals surface area contributed by atoms with Gasteiger partial charge in [-0.3, -0.25) is 9.59 Å². The van der Waals surface area contributed by atoms with Crippen molar-refractivity contribution in [2.75, 3.05) is 16.4 Å². The predicted octanol–water partition coefficient (Wildman–Crippen LogP) is 5.13. The lowest BCUT2D eigenvalue weighted by Crippen LogP contribution is -2.18. The van der Waals surface area contributed by atoms with Gasteiger partial charge in [0.25, 0.3) is 0 Å². The van der Waals surface area contributed by atoms with Crippen LogP contribution in [0, 0.1) is 0 Å². The minimum atomic E-state index is -0.263. The fraction of sp³-hybridized carbons (Fsp3) is 0.190. The van der Waals surface area contributed by atoms with E-state index in [1.807, 2.05) is 35.8 Å². The molecule has 2 N–H and O–H groups in total. The van der Waals surface area contributed by atoms with Crippen LogP contribution in [0.2, 0.25) is 10.0 Å². The molecule has 4 aromatic rings. The number of para-hydroxylation sites is 1. The number of hydrogen-bond donors (Lipinski definition) is 2. The number of nitrogens with zero attached hydrogens (tertiary/aromatic N) is 4. The second-order valence-corrected chi connectivity index (χ2v) is 9.61. The number of thioether (sulfide) groups is 1. The summed E-state index contributed by atoms with van der Waals surface area (Å²) >= 11 is 14.6. The van der Waals surface area contributed by atoms with Gasteiger partial charge >= 0.3 is 0 Å². The van der Waals surface area contributed by atoms with E-state index in [9.17, 15) is 9.59 Å². The first-order valence-corrected chi connectivity index (χ1v) is 12.4. The summed E-state index contributed by atoms with van der Waals surface area (Å²) < 4.78 is 2.82. The van der Waals surface area contributed by atoms with Crippen molar-refractivity contribution in [1.82, 2.24) is 19.7 Å². The molecule has 0 spiro atoms. The number of rotatable bonds is 8. The lowest BCUT2D eigenvalue weighted by molar-refractivity contribution is -0.116. The van der Waals surface area contributed by atoms with E-state index in [-0.39, 0.29) is 24.0 Å². The molecule has 0 saturated heterocycles. The lowest BCUT2D eigenvalue weighted by atomic mass is 10.3. The van der Waals surface area contributed by atoms with Crippen molar-refractivity contribution >= 4 is 79.2 Å². The van der Waals surface area contributed by atoms with Gasteiger partial charge in [-0.05, 0) is 37.3 Å². The molecule has 0 unspecified atom stereocenters. The third-order valence-corrected chi connectivity index (χ3v) is 7.16. The number of benzene rings is 2. The molecule has 2 amide bonds. The highest BCUT2D eigenvalue weighted by Gasteiger charge is 2.17. The molecule has 0 atom stereocenters. The van der Waals surface area contributed by atoms with Crippen LogP contribution in [0.15, 0.2) is 47.6 Å². The largest absolute Gasteiger partial charge is 0.326 e. The van der Waals surface area contributed by atoms with E-state index in [4.69, 9.17) is 23.2 Å². The Morgan fingerprint density at radius 1 is 1.06 bits per heavy atom. The number of carbonyl (C=O) groups is 2. The topological polar surface area (TPSA) is 102 Å². The van der Waals surface area contributed by atoms with Crippen LogP contribution in [0.1, 0.15) is 12.7 Å². The zero-order valence-corrected chi connectivity index (χ0v) is 20.5. The molecule has 2 aromatic heterocycles. The smallest absolute Gasteiger partial charge is 0.236 e. The minimum absolute atomic E-state index is 0.0273. The van der Waals surface area contributed by atoms with Crippen LogP contribution in [-0.2, 0) is 22.6 Å². The molecule has 33 heavy (non-hydrogen) atoms. The highest BCUT2D eigenvalue weighted by Crippen LogP contribution is 2.27. The highest BCUT2D eigenvalue weighted by molar-refractivity contribution is 7.99. The van der Waals surface area contributed by atoms with E-state index >= 15 is 0 Å².